The van der Waals surface area contributed by atoms with Crippen LogP contribution in [0.5, 0.6) is 0 Å². The zero-order chi connectivity index (χ0) is 9.19. The van der Waals surface area contributed by atoms with Gasteiger partial charge in [-0.2, -0.15) is 0 Å². The van der Waals surface area contributed by atoms with Crippen LogP contribution in [0, 0.1) is 0 Å². The van der Waals surface area contributed by atoms with Crippen LogP contribution in [0.3, 0.4) is 0 Å². The summed E-state index contributed by atoms with van der Waals surface area (Å²) in [7, 11) is -1.77. The number of anilines is 1. The van der Waals surface area contributed by atoms with Crippen molar-refractivity contribution >= 4 is 15.8 Å². The van der Waals surface area contributed by atoms with Gasteiger partial charge >= 0.3 is 0 Å². The molecule has 1 aromatic heterocycles. The minimum absolute atomic E-state index is 0.368. The van der Waals surface area contributed by atoms with E-state index in [1.807, 2.05) is 0 Å². The van der Waals surface area contributed by atoms with Crippen LogP contribution in [0.1, 0.15) is 0 Å². The zero-order valence-electron chi connectivity index (χ0n) is 6.80. The highest BCUT2D eigenvalue weighted by Gasteiger charge is 2.11. The molecule has 0 aromatic carbocycles. The first-order valence-corrected chi connectivity index (χ1v) is 5.06. The molecule has 12 heavy (non-hydrogen) atoms. The summed E-state index contributed by atoms with van der Waals surface area (Å²) in [6, 6.07) is 1.53. The van der Waals surface area contributed by atoms with Gasteiger partial charge in [0.05, 0.1) is 6.26 Å². The van der Waals surface area contributed by atoms with Gasteiger partial charge in [-0.25, -0.2) is 18.4 Å². The summed E-state index contributed by atoms with van der Waals surface area (Å²) in [5.41, 5.74) is 0. The number of nitrogens with zero attached hydrogens (tertiary/aromatic N) is 3. The fourth-order valence-corrected chi connectivity index (χ4v) is 1.09. The molecule has 0 radical (unpaired) electrons. The first-order chi connectivity index (χ1) is 5.52. The quantitative estimate of drug-likeness (QED) is 0.647. The maximum absolute atomic E-state index is 11.0. The Hall–Kier alpha value is -1.17. The van der Waals surface area contributed by atoms with E-state index in [4.69, 9.17) is 0 Å². The molecule has 1 rings (SSSR count). The Morgan fingerprint density at radius 2 is 2.17 bits per heavy atom. The number of rotatable bonds is 2. The van der Waals surface area contributed by atoms with Gasteiger partial charge in [-0.1, -0.05) is 0 Å². The van der Waals surface area contributed by atoms with Crippen molar-refractivity contribution in [3.8, 4) is 0 Å². The van der Waals surface area contributed by atoms with Gasteiger partial charge in [0.2, 0.25) is 10.0 Å². The standard InChI is InChI=1S/C6H9N3O2S/c1-9(12(2,10)11)6-3-4-7-5-8-6/h3-5H,1-2H3. The second kappa shape index (κ2) is 3.06. The van der Waals surface area contributed by atoms with Crippen LogP contribution in [-0.2, 0) is 10.0 Å². The second-order valence-corrected chi connectivity index (χ2v) is 4.31. The molecule has 1 aromatic rings. The summed E-state index contributed by atoms with van der Waals surface area (Å²) in [6.07, 6.45) is 3.91. The molecule has 5 nitrogen and oxygen atoms in total. The van der Waals surface area contributed by atoms with Crippen LogP contribution in [0.4, 0.5) is 5.82 Å². The first-order valence-electron chi connectivity index (χ1n) is 3.22. The Kier molecular flexibility index (Phi) is 2.27. The second-order valence-electron chi connectivity index (χ2n) is 2.30. The predicted octanol–water partition coefficient (Wildman–Crippen LogP) is -0.128. The van der Waals surface area contributed by atoms with Crippen molar-refractivity contribution in [1.82, 2.24) is 9.97 Å². The van der Waals surface area contributed by atoms with Crippen molar-refractivity contribution in [2.45, 2.75) is 0 Å². The lowest BCUT2D eigenvalue weighted by Gasteiger charge is -2.13. The van der Waals surface area contributed by atoms with Crippen LogP contribution in [-0.4, -0.2) is 31.7 Å². The Labute approximate surface area is 71.1 Å². The minimum atomic E-state index is -3.21. The van der Waals surface area contributed by atoms with E-state index in [-0.39, 0.29) is 0 Å². The van der Waals surface area contributed by atoms with Gasteiger partial charge in [0.1, 0.15) is 12.1 Å². The molecule has 0 bridgehead atoms. The topological polar surface area (TPSA) is 63.2 Å². The maximum Gasteiger partial charge on any atom is 0.233 e. The third-order valence-corrected chi connectivity index (χ3v) is 2.57. The molecule has 66 valence electrons. The van der Waals surface area contributed by atoms with E-state index < -0.39 is 10.0 Å². The van der Waals surface area contributed by atoms with E-state index >= 15 is 0 Å². The van der Waals surface area contributed by atoms with E-state index in [0.29, 0.717) is 5.82 Å². The average Bonchev–Trinajstić information content (AvgIpc) is 2.03. The van der Waals surface area contributed by atoms with E-state index in [9.17, 15) is 8.42 Å². The maximum atomic E-state index is 11.0. The van der Waals surface area contributed by atoms with Crippen LogP contribution in [0.25, 0.3) is 0 Å². The summed E-state index contributed by atoms with van der Waals surface area (Å²) >= 11 is 0. The van der Waals surface area contributed by atoms with Gasteiger partial charge in [0, 0.05) is 19.3 Å². The highest BCUT2D eigenvalue weighted by Crippen LogP contribution is 2.08. The van der Waals surface area contributed by atoms with Crippen molar-refractivity contribution in [1.29, 1.82) is 0 Å². The largest absolute Gasteiger partial charge is 0.257 e. The van der Waals surface area contributed by atoms with Crippen LogP contribution in [0.15, 0.2) is 18.6 Å². The number of hydrogen-bond acceptors (Lipinski definition) is 4. The molecule has 0 N–H and O–H groups in total. The highest BCUT2D eigenvalue weighted by atomic mass is 32.2. The number of sulfonamides is 1. The molecule has 6 heteroatoms. The summed E-state index contributed by atoms with van der Waals surface area (Å²) in [6.45, 7) is 0. The van der Waals surface area contributed by atoms with Crippen LogP contribution < -0.4 is 4.31 Å². The Morgan fingerprint density at radius 3 is 2.58 bits per heavy atom. The first kappa shape index (κ1) is 8.92. The zero-order valence-corrected chi connectivity index (χ0v) is 7.61. The molecule has 0 saturated heterocycles. The predicted molar refractivity (Wildman–Crippen MR) is 45.3 cm³/mol. The van der Waals surface area contributed by atoms with Crippen molar-refractivity contribution in [2.75, 3.05) is 17.6 Å². The Balaban J connectivity index is 3.02. The fraction of sp³-hybridized carbons (Fsp3) is 0.333. The van der Waals surface area contributed by atoms with Gasteiger partial charge in [-0.3, -0.25) is 4.31 Å². The van der Waals surface area contributed by atoms with Crippen molar-refractivity contribution in [3.05, 3.63) is 18.6 Å². The number of aromatic nitrogens is 2. The van der Waals surface area contributed by atoms with Gasteiger partial charge in [-0.05, 0) is 0 Å². The molecular formula is C6H9N3O2S. The molecular weight excluding hydrogens is 178 g/mol. The SMILES string of the molecule is CN(c1ccncn1)S(C)(=O)=O. The van der Waals surface area contributed by atoms with Gasteiger partial charge in [-0.15, -0.1) is 0 Å². The van der Waals surface area contributed by atoms with Crippen LogP contribution >= 0.6 is 0 Å². The molecule has 0 spiro atoms. The summed E-state index contributed by atoms with van der Waals surface area (Å²) in [5, 5.41) is 0. The molecule has 0 aliphatic carbocycles. The van der Waals surface area contributed by atoms with Crippen LogP contribution in [0.2, 0.25) is 0 Å². The molecule has 0 fully saturated rings. The Morgan fingerprint density at radius 1 is 1.50 bits per heavy atom. The molecule has 0 unspecified atom stereocenters. The number of hydrogen-bond donors (Lipinski definition) is 0. The van der Waals surface area contributed by atoms with E-state index in [1.54, 1.807) is 0 Å². The van der Waals surface area contributed by atoms with Gasteiger partial charge < -0.3 is 0 Å². The fourth-order valence-electron chi connectivity index (χ4n) is 0.640. The monoisotopic (exact) mass is 187 g/mol. The minimum Gasteiger partial charge on any atom is -0.257 e. The van der Waals surface area contributed by atoms with Gasteiger partial charge in [0.25, 0.3) is 0 Å². The van der Waals surface area contributed by atoms with Crippen molar-refractivity contribution in [3.63, 3.8) is 0 Å². The molecule has 0 atom stereocenters. The van der Waals surface area contributed by atoms with Crippen molar-refractivity contribution in [2.24, 2.45) is 0 Å². The van der Waals surface area contributed by atoms with E-state index in [2.05, 4.69) is 9.97 Å². The van der Waals surface area contributed by atoms with E-state index in [0.717, 1.165) is 10.6 Å². The average molecular weight is 187 g/mol. The molecule has 0 aliphatic rings. The lowest BCUT2D eigenvalue weighted by atomic mass is 10.6. The summed E-state index contributed by atoms with van der Waals surface area (Å²) in [5.74, 6) is 0.368. The highest BCUT2D eigenvalue weighted by molar-refractivity contribution is 7.92. The third kappa shape index (κ3) is 1.91. The summed E-state index contributed by atoms with van der Waals surface area (Å²) < 4.78 is 23.1. The lowest BCUT2D eigenvalue weighted by molar-refractivity contribution is 0.600. The van der Waals surface area contributed by atoms with E-state index in [1.165, 1.54) is 25.6 Å². The molecule has 0 saturated carbocycles. The smallest absolute Gasteiger partial charge is 0.233 e. The normalized spacial score (nSPS) is 11.2. The summed E-state index contributed by atoms with van der Waals surface area (Å²) in [4.78, 5) is 7.46. The molecule has 0 amide bonds. The van der Waals surface area contributed by atoms with Crippen molar-refractivity contribution < 1.29 is 8.42 Å². The van der Waals surface area contributed by atoms with Gasteiger partial charge in [0.15, 0.2) is 0 Å². The Bertz CT molecular complexity index is 348. The third-order valence-electron chi connectivity index (χ3n) is 1.39. The molecule has 0 aliphatic heterocycles. The lowest BCUT2D eigenvalue weighted by Crippen LogP contribution is -2.25. The molecule has 1 heterocycles.